The van der Waals surface area contributed by atoms with Crippen molar-refractivity contribution < 1.29 is 75.4 Å². The summed E-state index contributed by atoms with van der Waals surface area (Å²) < 4.78 is 47.6. The van der Waals surface area contributed by atoms with E-state index in [0.29, 0.717) is 58.0 Å². The third-order valence-electron chi connectivity index (χ3n) is 21.0. The molecule has 4 heterocycles. The van der Waals surface area contributed by atoms with Gasteiger partial charge in [0.2, 0.25) is 70.9 Å². The maximum atomic E-state index is 15.4. The van der Waals surface area contributed by atoms with Gasteiger partial charge in [-0.25, -0.2) is 0 Å². The van der Waals surface area contributed by atoms with Crippen LogP contribution in [0.25, 0.3) is 0 Å². The topological polar surface area (TPSA) is 279 Å². The number of benzene rings is 1. The minimum Gasteiger partial charge on any atom is -0.379 e. The minimum absolute atomic E-state index is 0.0153. The Kier molecular flexibility index (Phi) is 29.2. The van der Waals surface area contributed by atoms with E-state index >= 15 is 24.0 Å². The van der Waals surface area contributed by atoms with Gasteiger partial charge < -0.3 is 64.8 Å². The molecule has 0 radical (unpaired) electrons. The fraction of sp³-hybridized carbons (Fsp3) is 0.746. The Bertz CT molecular complexity index is 3130. The lowest BCUT2D eigenvalue weighted by Gasteiger charge is -2.45. The number of ether oxygens (including phenoxy) is 1. The van der Waals surface area contributed by atoms with E-state index in [9.17, 15) is 46.7 Å². The summed E-state index contributed by atoms with van der Waals surface area (Å²) in [6.45, 7) is 16.2. The summed E-state index contributed by atoms with van der Waals surface area (Å²) in [5.41, 5.74) is -2.40. The minimum atomic E-state index is -4.77. The highest BCUT2D eigenvalue weighted by molar-refractivity contribution is 6.31. The van der Waals surface area contributed by atoms with Crippen LogP contribution in [0.2, 0.25) is 5.02 Å². The number of rotatable bonds is 14. The fourth-order valence-corrected chi connectivity index (χ4v) is 14.5. The van der Waals surface area contributed by atoms with Crippen LogP contribution in [0.3, 0.4) is 0 Å². The van der Waals surface area contributed by atoms with Crippen molar-refractivity contribution in [2.24, 2.45) is 23.7 Å². The Labute approximate surface area is 592 Å². The number of amides is 12. The number of carbonyl (C=O) groups excluding carboxylic acids is 12. The van der Waals surface area contributed by atoms with Gasteiger partial charge in [0, 0.05) is 75.1 Å². The number of carbonyl (C=O) groups is 12. The molecular weight excluding hydrogens is 1320 g/mol. The Morgan fingerprint density at radius 1 is 0.670 bits per heavy atom. The van der Waals surface area contributed by atoms with Crippen LogP contribution < -0.4 is 16.0 Å². The molecule has 0 bridgehead atoms. The molecule has 1 aromatic carbocycles. The van der Waals surface area contributed by atoms with Gasteiger partial charge in [-0.3, -0.25) is 57.5 Å². The number of nitrogens with zero attached hydrogens (tertiary/aromatic N) is 9. The van der Waals surface area contributed by atoms with Crippen molar-refractivity contribution in [1.29, 1.82) is 0 Å². The van der Waals surface area contributed by atoms with Crippen LogP contribution in [0.5, 0.6) is 0 Å². The van der Waals surface area contributed by atoms with E-state index in [0.717, 1.165) is 28.4 Å². The predicted octanol–water partition coefficient (Wildman–Crippen LogP) is 5.12. The number of aryl methyl sites for hydroxylation is 1. The van der Waals surface area contributed by atoms with Gasteiger partial charge in [0.05, 0.1) is 30.2 Å². The van der Waals surface area contributed by atoms with Crippen LogP contribution in [0.15, 0.2) is 18.2 Å². The zero-order chi connectivity index (χ0) is 74.6. The van der Waals surface area contributed by atoms with Crippen LogP contribution in [0.1, 0.15) is 170 Å². The summed E-state index contributed by atoms with van der Waals surface area (Å²) in [5, 5.41) is 8.07. The average Bonchev–Trinajstić information content (AvgIpc) is 1.32. The van der Waals surface area contributed by atoms with Crippen molar-refractivity contribution >= 4 is 82.5 Å². The zero-order valence-electron chi connectivity index (χ0n) is 61.3. The monoisotopic (exact) mass is 1430 g/mol. The predicted molar refractivity (Wildman–Crippen MR) is 368 cm³/mol. The molecule has 0 aromatic heterocycles. The van der Waals surface area contributed by atoms with E-state index in [1.165, 1.54) is 84.7 Å². The number of alkyl halides is 3. The van der Waals surface area contributed by atoms with E-state index in [4.69, 9.17) is 16.3 Å². The smallest absolute Gasteiger partial charge is 0.379 e. The van der Waals surface area contributed by atoms with Gasteiger partial charge in [-0.1, -0.05) is 92.3 Å². The SMILES string of the molecule is CC[C@H](C)[C@@H]1NC(=O)[C@H](CC(C)C)N(C)C(=O)C[C@@H](C(=O)N2CCCCC2)N(C)C(=O)[C@H](C(C)C)N(C)C(=O)C2(CCCC2)NC(=O)[C@@H]2CCCN2C(=O)[C@H](CCc2ccc(C(F)(F)F)c(Cl)c2)NC(=O)CN(C)C(=O)[C@H](COCCC(C)C)N(C)C(=O)[C@@H]2CCN2C(=O)[C@H](C)N(C)C1=O. The Morgan fingerprint density at radius 3 is 1.88 bits per heavy atom. The van der Waals surface area contributed by atoms with Crippen molar-refractivity contribution in [3.05, 3.63) is 34.3 Å². The van der Waals surface area contributed by atoms with Gasteiger partial charge in [-0.2, -0.15) is 13.2 Å². The van der Waals surface area contributed by atoms with Crippen LogP contribution in [-0.2, 0) is 74.9 Å². The van der Waals surface area contributed by atoms with Gasteiger partial charge in [-0.05, 0) is 125 Å². The molecule has 1 aromatic rings. The lowest BCUT2D eigenvalue weighted by atomic mass is 9.91. The fourth-order valence-electron chi connectivity index (χ4n) is 14.2. The highest BCUT2D eigenvalue weighted by atomic mass is 35.5. The maximum Gasteiger partial charge on any atom is 0.417 e. The molecule has 560 valence electrons. The first kappa shape index (κ1) is 81.9. The lowest BCUT2D eigenvalue weighted by molar-refractivity contribution is -0.161. The van der Waals surface area contributed by atoms with Crippen LogP contribution in [0, 0.1) is 23.7 Å². The number of likely N-dealkylation sites (N-methyl/N-ethyl adjacent to an activating group) is 6. The number of halogens is 4. The molecule has 5 fully saturated rings. The number of nitrogens with one attached hydrogen (secondary N) is 3. The Balaban J connectivity index is 1.43. The first-order valence-electron chi connectivity index (χ1n) is 35.7. The molecule has 5 aliphatic rings. The summed E-state index contributed by atoms with van der Waals surface area (Å²) in [4.78, 5) is 190. The Morgan fingerprint density at radius 2 is 1.31 bits per heavy atom. The van der Waals surface area contributed by atoms with Crippen LogP contribution >= 0.6 is 11.6 Å². The molecule has 4 aliphatic heterocycles. The van der Waals surface area contributed by atoms with Crippen LogP contribution in [0.4, 0.5) is 13.2 Å². The summed E-state index contributed by atoms with van der Waals surface area (Å²) in [6, 6.07) is -8.32. The number of fused-ring (bicyclic) bond motifs is 2. The van der Waals surface area contributed by atoms with Crippen molar-refractivity contribution in [3.63, 3.8) is 0 Å². The van der Waals surface area contributed by atoms with Crippen molar-refractivity contribution in [2.45, 2.75) is 231 Å². The van der Waals surface area contributed by atoms with E-state index in [-0.39, 0.29) is 88.6 Å². The second-order valence-electron chi connectivity index (χ2n) is 29.5. The lowest BCUT2D eigenvalue weighted by Crippen LogP contribution is -2.65. The summed E-state index contributed by atoms with van der Waals surface area (Å²) in [5.74, 6) is -9.20. The molecule has 6 rings (SSSR count). The average molecular weight is 1430 g/mol. The molecule has 3 N–H and O–H groups in total. The van der Waals surface area contributed by atoms with Gasteiger partial charge >= 0.3 is 6.18 Å². The zero-order valence-corrected chi connectivity index (χ0v) is 62.1. The molecule has 100 heavy (non-hydrogen) atoms. The third kappa shape index (κ3) is 19.7. The molecule has 0 unspecified atom stereocenters. The summed E-state index contributed by atoms with van der Waals surface area (Å²) in [6.07, 6.45) is -0.465. The van der Waals surface area contributed by atoms with Crippen molar-refractivity contribution in [3.8, 4) is 0 Å². The normalized spacial score (nSPS) is 26.8. The van der Waals surface area contributed by atoms with E-state index < -0.39 is 172 Å². The number of hydrogen-bond donors (Lipinski definition) is 3. The Hall–Kier alpha value is -7.10. The quantitative estimate of drug-likeness (QED) is 0.204. The maximum absolute atomic E-state index is 15.4. The van der Waals surface area contributed by atoms with E-state index in [1.54, 1.807) is 25.7 Å². The summed E-state index contributed by atoms with van der Waals surface area (Å²) in [7, 11) is 8.37. The van der Waals surface area contributed by atoms with Gasteiger partial charge in [-0.15, -0.1) is 0 Å². The van der Waals surface area contributed by atoms with Crippen molar-refractivity contribution in [2.75, 3.05) is 88.2 Å². The van der Waals surface area contributed by atoms with Gasteiger partial charge in [0.15, 0.2) is 0 Å². The van der Waals surface area contributed by atoms with Gasteiger partial charge in [0.1, 0.15) is 59.9 Å². The molecule has 25 nitrogen and oxygen atoms in total. The molecule has 12 amide bonds. The molecular formula is C71H110ClF3N12O13. The van der Waals surface area contributed by atoms with Crippen molar-refractivity contribution in [1.82, 2.24) is 60.0 Å². The molecule has 10 atom stereocenters. The number of piperidine rings is 1. The summed E-state index contributed by atoms with van der Waals surface area (Å²) >= 11 is 6.14. The van der Waals surface area contributed by atoms with Gasteiger partial charge in [0.25, 0.3) is 0 Å². The first-order chi connectivity index (χ1) is 46.9. The van der Waals surface area contributed by atoms with E-state index in [1.807, 2.05) is 34.6 Å². The standard InChI is InChI=1S/C71H110ClF3N12O13/c1-16-45(8)58-67(97)80(11)46(9)62(92)87-35-28-52(87)65(95)83(14)55(41-100-36-29-42(2)3)64(94)79(10)40-56(88)76-50(27-25-47-24-26-48(49(72)38-47)71(73,74)75)63(93)86-34-22-23-51(86)61(91)78-70(30-18-19-31-70)69(99)84(15)59(44(6)7)68(98)82(13)54(66(96)85-32-20-17-21-33-85)39-57(89)81(12)53(37-43(4)5)60(90)77-58/h24,26,38,42-46,50-55,58-59H,16-23,25,27-37,39-41H2,1-15H3,(H,76,88)(H,77,90)(H,78,91)/t45-,46-,50-,51-,52-,53-,54-,55-,58-,59-/m0/s1. The number of likely N-dealkylation sites (tertiary alicyclic amines) is 1. The third-order valence-corrected chi connectivity index (χ3v) is 21.3. The number of hydrogen-bond acceptors (Lipinski definition) is 13. The molecule has 1 saturated carbocycles. The van der Waals surface area contributed by atoms with Crippen LogP contribution in [-0.4, -0.2) is 263 Å². The molecule has 29 heteroatoms. The van der Waals surface area contributed by atoms with E-state index in [2.05, 4.69) is 16.0 Å². The largest absolute Gasteiger partial charge is 0.417 e. The molecule has 1 spiro atoms. The second kappa shape index (κ2) is 35.7. The highest BCUT2D eigenvalue weighted by Crippen LogP contribution is 2.37. The molecule has 1 aliphatic carbocycles. The highest BCUT2D eigenvalue weighted by Gasteiger charge is 2.51. The second-order valence-corrected chi connectivity index (χ2v) is 29.9. The molecule has 4 saturated heterocycles. The first-order valence-corrected chi connectivity index (χ1v) is 36.1.